The van der Waals surface area contributed by atoms with Gasteiger partial charge in [-0.1, -0.05) is 6.92 Å². The van der Waals surface area contributed by atoms with Gasteiger partial charge in [0, 0.05) is 45.3 Å². The summed E-state index contributed by atoms with van der Waals surface area (Å²) in [5.41, 5.74) is 0.742. The summed E-state index contributed by atoms with van der Waals surface area (Å²) in [6.07, 6.45) is -0.134. The Morgan fingerprint density at radius 1 is 1.25 bits per heavy atom. The zero-order valence-corrected chi connectivity index (χ0v) is 14.2. The van der Waals surface area contributed by atoms with Crippen molar-refractivity contribution in [1.29, 1.82) is 0 Å². The van der Waals surface area contributed by atoms with E-state index in [1.165, 1.54) is 18.0 Å². The Morgan fingerprint density at radius 2 is 1.92 bits per heavy atom. The molecule has 0 saturated carbocycles. The molecule has 1 N–H and O–H groups in total. The topological polar surface area (TPSA) is 64.1 Å². The number of hydrogen-bond acceptors (Lipinski definition) is 4. The molecule has 6 nitrogen and oxygen atoms in total. The Morgan fingerprint density at radius 3 is 2.46 bits per heavy atom. The Labute approximate surface area is 141 Å². The fourth-order valence-electron chi connectivity index (χ4n) is 2.79. The number of rotatable bonds is 6. The van der Waals surface area contributed by atoms with Crippen molar-refractivity contribution in [3.8, 4) is 0 Å². The first kappa shape index (κ1) is 18.2. The second kappa shape index (κ2) is 8.10. The number of carboxylic acid groups (broad SMARTS) is 1. The Hall–Kier alpha value is -2.15. The molecule has 1 fully saturated rings. The van der Waals surface area contributed by atoms with Crippen LogP contribution in [0.4, 0.5) is 10.1 Å². The minimum Gasteiger partial charge on any atom is -0.481 e. The molecule has 24 heavy (non-hydrogen) atoms. The van der Waals surface area contributed by atoms with Crippen LogP contribution in [-0.2, 0) is 4.79 Å². The SMILES string of the molecule is CCN1CCN(c2ccc(C(=O)N(C)CCC(=O)O)cc2F)CC1. The van der Waals surface area contributed by atoms with Gasteiger partial charge in [-0.15, -0.1) is 0 Å². The predicted octanol–water partition coefficient (Wildman–Crippen LogP) is 1.51. The smallest absolute Gasteiger partial charge is 0.305 e. The van der Waals surface area contributed by atoms with E-state index in [-0.39, 0.29) is 24.4 Å². The van der Waals surface area contributed by atoms with Crippen molar-refractivity contribution in [2.45, 2.75) is 13.3 Å². The van der Waals surface area contributed by atoms with Crippen LogP contribution in [0.2, 0.25) is 0 Å². The molecule has 0 spiro atoms. The maximum Gasteiger partial charge on any atom is 0.305 e. The first-order valence-electron chi connectivity index (χ1n) is 8.16. The van der Waals surface area contributed by atoms with Crippen molar-refractivity contribution >= 4 is 17.6 Å². The number of hydrogen-bond donors (Lipinski definition) is 1. The molecule has 1 aliphatic rings. The molecule has 0 aromatic heterocycles. The summed E-state index contributed by atoms with van der Waals surface area (Å²) in [5, 5.41) is 8.67. The maximum absolute atomic E-state index is 14.4. The van der Waals surface area contributed by atoms with Crippen LogP contribution in [-0.4, -0.2) is 73.1 Å². The number of carboxylic acids is 1. The molecule has 0 radical (unpaired) electrons. The van der Waals surface area contributed by atoms with Gasteiger partial charge in [0.05, 0.1) is 12.1 Å². The lowest BCUT2D eigenvalue weighted by molar-refractivity contribution is -0.137. The van der Waals surface area contributed by atoms with Crippen LogP contribution in [0.5, 0.6) is 0 Å². The third kappa shape index (κ3) is 4.44. The fourth-order valence-corrected chi connectivity index (χ4v) is 2.79. The minimum atomic E-state index is -0.970. The number of likely N-dealkylation sites (N-methyl/N-ethyl adjacent to an activating group) is 1. The van der Waals surface area contributed by atoms with Gasteiger partial charge in [0.25, 0.3) is 5.91 Å². The lowest BCUT2D eigenvalue weighted by atomic mass is 10.1. The Bertz CT molecular complexity index is 601. The Balaban J connectivity index is 2.04. The highest BCUT2D eigenvalue weighted by molar-refractivity contribution is 5.94. The van der Waals surface area contributed by atoms with Crippen LogP contribution < -0.4 is 4.90 Å². The number of aliphatic carboxylic acids is 1. The molecule has 1 saturated heterocycles. The zero-order chi connectivity index (χ0) is 17.7. The van der Waals surface area contributed by atoms with Crippen molar-refractivity contribution in [1.82, 2.24) is 9.80 Å². The molecule has 0 bridgehead atoms. The van der Waals surface area contributed by atoms with Crippen LogP contribution >= 0.6 is 0 Å². The summed E-state index contributed by atoms with van der Waals surface area (Å²) in [7, 11) is 1.51. The van der Waals surface area contributed by atoms with Gasteiger partial charge in [-0.2, -0.15) is 0 Å². The van der Waals surface area contributed by atoms with Gasteiger partial charge in [0.15, 0.2) is 0 Å². The highest BCUT2D eigenvalue weighted by atomic mass is 19.1. The van der Waals surface area contributed by atoms with Gasteiger partial charge < -0.3 is 19.8 Å². The van der Waals surface area contributed by atoms with Gasteiger partial charge in [-0.3, -0.25) is 9.59 Å². The molecule has 0 atom stereocenters. The van der Waals surface area contributed by atoms with Crippen molar-refractivity contribution in [2.24, 2.45) is 0 Å². The van der Waals surface area contributed by atoms with Crippen LogP contribution in [0.3, 0.4) is 0 Å². The minimum absolute atomic E-state index is 0.0938. The van der Waals surface area contributed by atoms with Gasteiger partial charge >= 0.3 is 5.97 Å². The van der Waals surface area contributed by atoms with E-state index in [1.807, 2.05) is 4.90 Å². The van der Waals surface area contributed by atoms with Gasteiger partial charge in [-0.25, -0.2) is 4.39 Å². The van der Waals surface area contributed by atoms with Crippen molar-refractivity contribution in [3.63, 3.8) is 0 Å². The lowest BCUT2D eigenvalue weighted by Crippen LogP contribution is -2.46. The van der Waals surface area contributed by atoms with Gasteiger partial charge in [0.2, 0.25) is 0 Å². The zero-order valence-electron chi connectivity index (χ0n) is 14.2. The first-order chi connectivity index (χ1) is 11.4. The van der Waals surface area contributed by atoms with E-state index in [9.17, 15) is 14.0 Å². The largest absolute Gasteiger partial charge is 0.481 e. The van der Waals surface area contributed by atoms with Crippen LogP contribution in [0.1, 0.15) is 23.7 Å². The summed E-state index contributed by atoms with van der Waals surface area (Å²) in [4.78, 5) is 28.4. The van der Waals surface area contributed by atoms with Crippen LogP contribution in [0, 0.1) is 5.82 Å². The quantitative estimate of drug-likeness (QED) is 0.853. The van der Waals surface area contributed by atoms with Crippen molar-refractivity contribution < 1.29 is 19.1 Å². The fraction of sp³-hybridized carbons (Fsp3) is 0.529. The number of halogens is 1. The molecule has 1 aliphatic heterocycles. The standard InChI is InChI=1S/C17H24FN3O3/c1-3-20-8-10-21(11-9-20)15-5-4-13(12-14(15)18)17(24)19(2)7-6-16(22)23/h4-5,12H,3,6-11H2,1-2H3,(H,22,23). The molecular formula is C17H24FN3O3. The monoisotopic (exact) mass is 337 g/mol. The number of anilines is 1. The summed E-state index contributed by atoms with van der Waals surface area (Å²) in [6.45, 7) is 6.51. The van der Waals surface area contributed by atoms with E-state index in [0.717, 1.165) is 32.7 Å². The summed E-state index contributed by atoms with van der Waals surface area (Å²) < 4.78 is 14.4. The van der Waals surface area contributed by atoms with E-state index < -0.39 is 11.8 Å². The van der Waals surface area contributed by atoms with Crippen molar-refractivity contribution in [3.05, 3.63) is 29.6 Å². The molecule has 1 heterocycles. The highest BCUT2D eigenvalue weighted by Crippen LogP contribution is 2.22. The Kier molecular flexibility index (Phi) is 6.14. The summed E-state index contributed by atoms with van der Waals surface area (Å²) >= 11 is 0. The highest BCUT2D eigenvalue weighted by Gasteiger charge is 2.20. The van der Waals surface area contributed by atoms with Crippen LogP contribution in [0.25, 0.3) is 0 Å². The average molecular weight is 337 g/mol. The summed E-state index contributed by atoms with van der Waals surface area (Å²) in [5.74, 6) is -1.77. The molecule has 132 valence electrons. The number of benzene rings is 1. The third-order valence-corrected chi connectivity index (χ3v) is 4.36. The second-order valence-electron chi connectivity index (χ2n) is 5.96. The van der Waals surface area contributed by atoms with E-state index in [1.54, 1.807) is 12.1 Å². The molecule has 1 aromatic carbocycles. The number of piperazine rings is 1. The van der Waals surface area contributed by atoms with Gasteiger partial charge in [0.1, 0.15) is 5.82 Å². The van der Waals surface area contributed by atoms with Crippen LogP contribution in [0.15, 0.2) is 18.2 Å². The average Bonchev–Trinajstić information content (AvgIpc) is 2.59. The first-order valence-corrected chi connectivity index (χ1v) is 8.16. The van der Waals surface area contributed by atoms with Crippen molar-refractivity contribution in [2.75, 3.05) is 51.2 Å². The summed E-state index contributed by atoms with van der Waals surface area (Å²) in [6, 6.07) is 4.47. The van der Waals surface area contributed by atoms with E-state index in [2.05, 4.69) is 11.8 Å². The van der Waals surface area contributed by atoms with Gasteiger partial charge in [-0.05, 0) is 24.7 Å². The molecule has 1 aromatic rings. The third-order valence-electron chi connectivity index (χ3n) is 4.36. The molecule has 0 aliphatic carbocycles. The molecular weight excluding hydrogens is 313 g/mol. The van der Waals surface area contributed by atoms with E-state index in [4.69, 9.17) is 5.11 Å². The maximum atomic E-state index is 14.4. The van der Waals surface area contributed by atoms with E-state index in [0.29, 0.717) is 5.69 Å². The number of carbonyl (C=O) groups is 2. The molecule has 1 amide bonds. The molecule has 0 unspecified atom stereocenters. The second-order valence-corrected chi connectivity index (χ2v) is 5.96. The lowest BCUT2D eigenvalue weighted by Gasteiger charge is -2.35. The number of carbonyl (C=O) groups excluding carboxylic acids is 1. The normalized spacial score (nSPS) is 15.4. The predicted molar refractivity (Wildman–Crippen MR) is 89.9 cm³/mol. The molecule has 2 rings (SSSR count). The number of amides is 1. The number of nitrogens with zero attached hydrogens (tertiary/aromatic N) is 3. The van der Waals surface area contributed by atoms with E-state index >= 15 is 0 Å². The molecule has 7 heteroatoms.